The van der Waals surface area contributed by atoms with E-state index in [1.54, 1.807) is 11.6 Å². The number of piperidine rings is 1. The molecule has 1 aromatic heterocycles. The quantitative estimate of drug-likeness (QED) is 0.0384. The Hall–Kier alpha value is -7.93. The lowest BCUT2D eigenvalue weighted by molar-refractivity contribution is -0.135. The van der Waals surface area contributed by atoms with Crippen LogP contribution >= 0.6 is 0 Å². The summed E-state index contributed by atoms with van der Waals surface area (Å²) in [6, 6.07) is 32.8. The van der Waals surface area contributed by atoms with E-state index in [0.717, 1.165) is 81.3 Å². The first kappa shape index (κ1) is 55.4. The van der Waals surface area contributed by atoms with E-state index in [2.05, 4.69) is 40.2 Å². The molecule has 418 valence electrons. The summed E-state index contributed by atoms with van der Waals surface area (Å²) in [5.41, 5.74) is 16.7. The third kappa shape index (κ3) is 12.3. The van der Waals surface area contributed by atoms with Crippen LogP contribution in [-0.2, 0) is 82.3 Å². The Balaban J connectivity index is 0.652. The van der Waals surface area contributed by atoms with Gasteiger partial charge in [0.15, 0.2) is 0 Å². The number of rotatable bonds is 24. The summed E-state index contributed by atoms with van der Waals surface area (Å²) in [6.45, 7) is 4.30. The summed E-state index contributed by atoms with van der Waals surface area (Å²) in [5, 5.41) is 8.31. The number of ether oxygens (including phenoxy) is 4. The second-order valence-corrected chi connectivity index (χ2v) is 21.3. The van der Waals surface area contributed by atoms with Crippen molar-refractivity contribution in [2.45, 2.75) is 120 Å². The number of nitrogens with zero attached hydrogens (tertiary/aromatic N) is 3. The van der Waals surface area contributed by atoms with Crippen LogP contribution in [0.4, 0.5) is 10.5 Å². The van der Waals surface area contributed by atoms with Gasteiger partial charge < -0.3 is 35.3 Å². The molecule has 0 radical (unpaired) electrons. The number of carbonyl (C=O) groups is 6. The lowest BCUT2D eigenvalue weighted by Gasteiger charge is -2.31. The summed E-state index contributed by atoms with van der Waals surface area (Å²) in [5.74, 6) is -2.21. The van der Waals surface area contributed by atoms with E-state index in [0.29, 0.717) is 56.9 Å². The molecule has 0 spiro atoms. The molecule has 5 aromatic carbocycles. The molecule has 10 rings (SSSR count). The van der Waals surface area contributed by atoms with Gasteiger partial charge in [-0.1, -0.05) is 97.1 Å². The molecule has 0 saturated carbocycles. The molecule has 80 heavy (non-hydrogen) atoms. The van der Waals surface area contributed by atoms with Gasteiger partial charge in [-0.25, -0.2) is 9.59 Å². The van der Waals surface area contributed by atoms with Crippen LogP contribution in [0.5, 0.6) is 0 Å². The number of benzene rings is 5. The standard InChI is InChI=1S/C62H69N7O11/c1-38(79-36-41-20-18-39(19-21-41)10-8-30-77-32-33-78-31-9-11-40-22-26-51-53(34-40)67(2)62(76)68(51)52-27-29-56(71)66-58(52)72)49(25-28-55(63)70)64-59(73)54-35-43-13-7-12-42-23-24-50(60(74)69(54)57(42)43)65-61(75)80-37-48-46-16-5-3-14-44(46)45-15-4-6-17-47(45)48/h3-7,12-22,26,34,38,48-50,52,54H,8-11,23-25,27-33,35-37H2,1-2H3,(H2,63,70)(H,64,73)(H,65,75)(H,66,71,72)/t38-,49+,50+,52?,54+/m1/s1. The number of nitrogens with two attached hydrogens (primary N) is 1. The highest BCUT2D eigenvalue weighted by molar-refractivity contribution is 6.07. The molecular weight excluding hydrogens is 1020 g/mol. The summed E-state index contributed by atoms with van der Waals surface area (Å²) in [4.78, 5) is 93.4. The van der Waals surface area contributed by atoms with Gasteiger partial charge in [-0.2, -0.15) is 0 Å². The molecule has 5 atom stereocenters. The summed E-state index contributed by atoms with van der Waals surface area (Å²) < 4.78 is 26.9. The number of fused-ring (bicyclic) bond motifs is 4. The number of anilines is 1. The van der Waals surface area contributed by atoms with Crippen LogP contribution in [0.25, 0.3) is 22.2 Å². The number of imidazole rings is 1. The molecule has 18 heteroatoms. The Kier molecular flexibility index (Phi) is 17.3. The number of para-hydroxylation sites is 1. The Morgan fingerprint density at radius 3 is 2.11 bits per heavy atom. The molecule has 18 nitrogen and oxygen atoms in total. The lowest BCUT2D eigenvalue weighted by Crippen LogP contribution is -2.56. The molecule has 6 amide bonds. The van der Waals surface area contributed by atoms with Crippen LogP contribution in [0.15, 0.2) is 114 Å². The topological polar surface area (TPSA) is 232 Å². The van der Waals surface area contributed by atoms with E-state index in [1.807, 2.05) is 91.9 Å². The SMILES string of the molecule is C[C@@H](OCc1ccc(CCCOCCOCCCc2ccc3c(c2)n(C)c(=O)n3C2CCC(=O)NC2=O)cc1)[C@H](CCC(N)=O)NC(=O)[C@@H]1Cc2cccc3c2N1C(=O)[C@@H](NC(=O)OCC1c2ccccc2-c2ccccc21)CC3. The number of primary amides is 1. The van der Waals surface area contributed by atoms with Gasteiger partial charge in [0.1, 0.15) is 24.7 Å². The van der Waals surface area contributed by atoms with Gasteiger partial charge in [-0.3, -0.25) is 43.3 Å². The highest BCUT2D eigenvalue weighted by Gasteiger charge is 2.45. The van der Waals surface area contributed by atoms with Crippen LogP contribution in [0.3, 0.4) is 0 Å². The van der Waals surface area contributed by atoms with Crippen LogP contribution in [0.1, 0.15) is 103 Å². The van der Waals surface area contributed by atoms with Crippen molar-refractivity contribution < 1.29 is 47.7 Å². The Labute approximate surface area is 464 Å². The van der Waals surface area contributed by atoms with E-state index in [4.69, 9.17) is 24.7 Å². The van der Waals surface area contributed by atoms with Crippen molar-refractivity contribution in [2.24, 2.45) is 12.8 Å². The number of hydrogen-bond acceptors (Lipinski definition) is 11. The highest BCUT2D eigenvalue weighted by atomic mass is 16.5. The third-order valence-corrected chi connectivity index (χ3v) is 16.0. The molecule has 1 aliphatic carbocycles. The van der Waals surface area contributed by atoms with E-state index in [9.17, 15) is 33.6 Å². The van der Waals surface area contributed by atoms with E-state index in [1.165, 1.54) is 9.47 Å². The summed E-state index contributed by atoms with van der Waals surface area (Å²) in [6.07, 6.45) is 3.83. The molecular formula is C62H69N7O11. The van der Waals surface area contributed by atoms with Gasteiger partial charge in [-0.15, -0.1) is 0 Å². The number of imide groups is 1. The monoisotopic (exact) mass is 1090 g/mol. The number of hydrogen-bond donors (Lipinski definition) is 4. The van der Waals surface area contributed by atoms with Crippen molar-refractivity contribution >= 4 is 52.3 Å². The minimum Gasteiger partial charge on any atom is -0.449 e. The molecule has 6 aromatic rings. The molecule has 1 fully saturated rings. The van der Waals surface area contributed by atoms with Gasteiger partial charge in [0.05, 0.1) is 48.7 Å². The largest absolute Gasteiger partial charge is 0.449 e. The number of aromatic nitrogens is 2. The molecule has 1 unspecified atom stereocenters. The average molecular weight is 1090 g/mol. The number of aryl methyl sites for hydroxylation is 4. The minimum atomic E-state index is -0.935. The maximum Gasteiger partial charge on any atom is 0.407 e. The van der Waals surface area contributed by atoms with Crippen molar-refractivity contribution in [3.63, 3.8) is 0 Å². The predicted molar refractivity (Wildman–Crippen MR) is 300 cm³/mol. The van der Waals surface area contributed by atoms with Crippen LogP contribution in [-0.4, -0.2) is 102 Å². The van der Waals surface area contributed by atoms with Gasteiger partial charge in [0, 0.05) is 45.4 Å². The summed E-state index contributed by atoms with van der Waals surface area (Å²) >= 11 is 0. The van der Waals surface area contributed by atoms with E-state index < -0.39 is 60.0 Å². The normalized spacial score (nSPS) is 18.2. The lowest BCUT2D eigenvalue weighted by atomic mass is 9.98. The fourth-order valence-corrected chi connectivity index (χ4v) is 11.8. The Morgan fingerprint density at radius 2 is 1.41 bits per heavy atom. The minimum absolute atomic E-state index is 0.0201. The van der Waals surface area contributed by atoms with E-state index >= 15 is 0 Å². The summed E-state index contributed by atoms with van der Waals surface area (Å²) in [7, 11) is 1.69. The van der Waals surface area contributed by atoms with Crippen molar-refractivity contribution in [1.82, 2.24) is 25.1 Å². The second kappa shape index (κ2) is 25.0. The van der Waals surface area contributed by atoms with Crippen LogP contribution in [0, 0.1) is 0 Å². The average Bonchev–Trinajstić information content (AvgIpc) is 4.08. The van der Waals surface area contributed by atoms with Gasteiger partial charge >= 0.3 is 11.8 Å². The van der Waals surface area contributed by atoms with Gasteiger partial charge in [0.2, 0.25) is 29.5 Å². The molecule has 4 aliphatic rings. The maximum absolute atomic E-state index is 14.5. The van der Waals surface area contributed by atoms with E-state index in [-0.39, 0.29) is 56.4 Å². The molecule has 1 saturated heterocycles. The van der Waals surface area contributed by atoms with Crippen molar-refractivity contribution in [2.75, 3.05) is 37.9 Å². The first-order valence-corrected chi connectivity index (χ1v) is 27.9. The van der Waals surface area contributed by atoms with Gasteiger partial charge in [-0.05, 0) is 120 Å². The Morgan fingerprint density at radius 1 is 0.750 bits per heavy atom. The fraction of sp³-hybridized carbons (Fsp3) is 0.403. The first-order valence-electron chi connectivity index (χ1n) is 27.9. The number of nitrogens with one attached hydrogen (secondary N) is 3. The number of carbonyl (C=O) groups excluding carboxylic acids is 6. The molecule has 3 aliphatic heterocycles. The highest BCUT2D eigenvalue weighted by Crippen LogP contribution is 2.45. The maximum atomic E-state index is 14.5. The number of amides is 6. The van der Waals surface area contributed by atoms with Crippen molar-refractivity contribution in [1.29, 1.82) is 0 Å². The van der Waals surface area contributed by atoms with Crippen LogP contribution in [0.2, 0.25) is 0 Å². The van der Waals surface area contributed by atoms with Gasteiger partial charge in [0.25, 0.3) is 0 Å². The van der Waals surface area contributed by atoms with Crippen molar-refractivity contribution in [3.8, 4) is 11.1 Å². The van der Waals surface area contributed by atoms with Crippen LogP contribution < -0.4 is 32.3 Å². The van der Waals surface area contributed by atoms with Crippen molar-refractivity contribution in [3.05, 3.63) is 159 Å². The molecule has 0 bridgehead atoms. The molecule has 5 N–H and O–H groups in total. The zero-order chi connectivity index (χ0) is 55.9. The Bertz CT molecular complexity index is 3310. The second-order valence-electron chi connectivity index (χ2n) is 21.3. The third-order valence-electron chi connectivity index (χ3n) is 16.0. The smallest absolute Gasteiger partial charge is 0.407 e. The predicted octanol–water partition coefficient (Wildman–Crippen LogP) is 6.38. The molecule has 4 heterocycles. The number of alkyl carbamates (subject to hydrolysis) is 1. The fourth-order valence-electron chi connectivity index (χ4n) is 11.8. The first-order chi connectivity index (χ1) is 38.8. The zero-order valence-corrected chi connectivity index (χ0v) is 45.3. The zero-order valence-electron chi connectivity index (χ0n) is 45.3.